The number of carbonyl (C=O) groups is 1. The van der Waals surface area contributed by atoms with Gasteiger partial charge in [-0.05, 0) is 32.0 Å². The van der Waals surface area contributed by atoms with E-state index in [-0.39, 0.29) is 11.7 Å². The smallest absolute Gasteiger partial charge is 0.161 e. The number of rotatable bonds is 4. The van der Waals surface area contributed by atoms with Crippen LogP contribution in [0.2, 0.25) is 0 Å². The van der Waals surface area contributed by atoms with Gasteiger partial charge in [0.15, 0.2) is 5.78 Å². The molecule has 0 aliphatic rings. The second kappa shape index (κ2) is 5.35. The van der Waals surface area contributed by atoms with Crippen molar-refractivity contribution in [2.75, 3.05) is 24.2 Å². The fraction of sp³-hybridized carbons (Fsp3) is 0.385. The number of nitrogens with two attached hydrogens (primary N) is 1. The summed E-state index contributed by atoms with van der Waals surface area (Å²) in [6.45, 7) is 3.99. The number of anilines is 2. The van der Waals surface area contributed by atoms with Crippen LogP contribution in [0.15, 0.2) is 18.2 Å². The largest absolute Gasteiger partial charge is 0.398 e. The number of carbonyl (C=O) groups excluding carboxylic acids is 1. The molecule has 17 heavy (non-hydrogen) atoms. The summed E-state index contributed by atoms with van der Waals surface area (Å²) in [5.41, 5.74) is 7.74. The standard InChI is InChI=1S/C13H17N3O/c1-9(7-14)8-16(3)11-4-5-12(10(2)17)13(15)6-11/h4-6,9H,8,15H2,1-3H3. The molecule has 1 aromatic rings. The monoisotopic (exact) mass is 231 g/mol. The van der Waals surface area contributed by atoms with Crippen molar-refractivity contribution in [2.24, 2.45) is 5.92 Å². The van der Waals surface area contributed by atoms with Crippen LogP contribution in [0.3, 0.4) is 0 Å². The first-order valence-electron chi connectivity index (χ1n) is 5.47. The van der Waals surface area contributed by atoms with Crippen LogP contribution < -0.4 is 10.6 Å². The summed E-state index contributed by atoms with van der Waals surface area (Å²) in [5, 5.41) is 8.76. The minimum Gasteiger partial charge on any atom is -0.398 e. The number of nitriles is 1. The summed E-state index contributed by atoms with van der Waals surface area (Å²) in [4.78, 5) is 13.2. The highest BCUT2D eigenvalue weighted by Gasteiger charge is 2.09. The quantitative estimate of drug-likeness (QED) is 0.636. The van der Waals surface area contributed by atoms with E-state index in [4.69, 9.17) is 11.0 Å². The second-order valence-corrected chi connectivity index (χ2v) is 4.24. The molecule has 4 heteroatoms. The van der Waals surface area contributed by atoms with E-state index in [1.54, 1.807) is 12.1 Å². The fourth-order valence-electron chi connectivity index (χ4n) is 1.67. The van der Waals surface area contributed by atoms with E-state index in [0.717, 1.165) is 5.69 Å². The highest BCUT2D eigenvalue weighted by molar-refractivity contribution is 5.99. The van der Waals surface area contributed by atoms with Crippen LogP contribution in [0.5, 0.6) is 0 Å². The van der Waals surface area contributed by atoms with E-state index in [9.17, 15) is 4.79 Å². The SMILES string of the molecule is CC(=O)c1ccc(N(C)CC(C)C#N)cc1N. The number of hydrogen-bond donors (Lipinski definition) is 1. The van der Waals surface area contributed by atoms with Gasteiger partial charge in [-0.3, -0.25) is 4.79 Å². The van der Waals surface area contributed by atoms with Crippen LogP contribution in [-0.2, 0) is 0 Å². The number of nitrogens with zero attached hydrogens (tertiary/aromatic N) is 2. The predicted octanol–water partition coefficient (Wildman–Crippen LogP) is 2.07. The van der Waals surface area contributed by atoms with Crippen molar-refractivity contribution < 1.29 is 4.79 Å². The molecule has 0 aliphatic carbocycles. The van der Waals surface area contributed by atoms with Gasteiger partial charge in [-0.1, -0.05) is 0 Å². The van der Waals surface area contributed by atoms with Crippen molar-refractivity contribution in [3.63, 3.8) is 0 Å². The highest BCUT2D eigenvalue weighted by Crippen LogP contribution is 2.21. The molecule has 2 N–H and O–H groups in total. The topological polar surface area (TPSA) is 70.1 Å². The first kappa shape index (κ1) is 13.0. The summed E-state index contributed by atoms with van der Waals surface area (Å²) in [5.74, 6) is -0.0872. The first-order valence-corrected chi connectivity index (χ1v) is 5.47. The molecule has 0 aliphatic heterocycles. The lowest BCUT2D eigenvalue weighted by molar-refractivity contribution is 0.101. The van der Waals surface area contributed by atoms with Crippen LogP contribution >= 0.6 is 0 Å². The Morgan fingerprint density at radius 3 is 2.71 bits per heavy atom. The van der Waals surface area contributed by atoms with E-state index >= 15 is 0 Å². The average molecular weight is 231 g/mol. The summed E-state index contributed by atoms with van der Waals surface area (Å²) in [6.07, 6.45) is 0. The third-order valence-electron chi connectivity index (χ3n) is 2.62. The van der Waals surface area contributed by atoms with Crippen LogP contribution in [-0.4, -0.2) is 19.4 Å². The molecular formula is C13H17N3O. The molecule has 90 valence electrons. The lowest BCUT2D eigenvalue weighted by Crippen LogP contribution is -2.23. The van der Waals surface area contributed by atoms with E-state index in [2.05, 4.69) is 6.07 Å². The van der Waals surface area contributed by atoms with Crippen molar-refractivity contribution >= 4 is 17.2 Å². The van der Waals surface area contributed by atoms with Gasteiger partial charge in [0.2, 0.25) is 0 Å². The zero-order valence-electron chi connectivity index (χ0n) is 10.4. The average Bonchev–Trinajstić information content (AvgIpc) is 2.28. The molecular weight excluding hydrogens is 214 g/mol. The van der Waals surface area contributed by atoms with Crippen LogP contribution in [0, 0.1) is 17.2 Å². The number of ketones is 1. The lowest BCUT2D eigenvalue weighted by atomic mass is 10.1. The summed E-state index contributed by atoms with van der Waals surface area (Å²) >= 11 is 0. The van der Waals surface area contributed by atoms with Gasteiger partial charge in [-0.25, -0.2) is 0 Å². The van der Waals surface area contributed by atoms with Gasteiger partial charge in [-0.2, -0.15) is 5.26 Å². The van der Waals surface area contributed by atoms with Gasteiger partial charge in [0, 0.05) is 30.5 Å². The minimum absolute atomic E-state index is 0.0397. The molecule has 1 aromatic carbocycles. The Morgan fingerprint density at radius 2 is 2.24 bits per heavy atom. The molecule has 0 fully saturated rings. The Bertz CT molecular complexity index is 462. The number of nitrogen functional groups attached to an aromatic ring is 1. The molecule has 0 aromatic heterocycles. The number of hydrogen-bond acceptors (Lipinski definition) is 4. The van der Waals surface area contributed by atoms with Crippen molar-refractivity contribution in [1.82, 2.24) is 0 Å². The Hall–Kier alpha value is -2.02. The van der Waals surface area contributed by atoms with Crippen molar-refractivity contribution in [1.29, 1.82) is 5.26 Å². The van der Waals surface area contributed by atoms with E-state index < -0.39 is 0 Å². The molecule has 1 rings (SSSR count). The molecule has 0 saturated heterocycles. The third kappa shape index (κ3) is 3.22. The summed E-state index contributed by atoms with van der Waals surface area (Å²) in [6, 6.07) is 7.51. The molecule has 0 bridgehead atoms. The minimum atomic E-state index is -0.0475. The zero-order chi connectivity index (χ0) is 13.0. The van der Waals surface area contributed by atoms with Crippen molar-refractivity contribution in [3.05, 3.63) is 23.8 Å². The van der Waals surface area contributed by atoms with Crippen LogP contribution in [0.25, 0.3) is 0 Å². The number of Topliss-reactive ketones (excluding diaryl/α,β-unsaturated/α-hetero) is 1. The summed E-state index contributed by atoms with van der Waals surface area (Å²) in [7, 11) is 1.90. The van der Waals surface area contributed by atoms with Gasteiger partial charge >= 0.3 is 0 Å². The maximum atomic E-state index is 11.2. The normalized spacial score (nSPS) is 11.6. The Labute approximate surface area is 102 Å². The Morgan fingerprint density at radius 1 is 1.59 bits per heavy atom. The summed E-state index contributed by atoms with van der Waals surface area (Å²) < 4.78 is 0. The van der Waals surface area contributed by atoms with E-state index in [1.165, 1.54) is 6.92 Å². The van der Waals surface area contributed by atoms with Gasteiger partial charge < -0.3 is 10.6 Å². The highest BCUT2D eigenvalue weighted by atomic mass is 16.1. The molecule has 1 atom stereocenters. The molecule has 0 saturated carbocycles. The van der Waals surface area contributed by atoms with Gasteiger partial charge in [0.05, 0.1) is 12.0 Å². The van der Waals surface area contributed by atoms with Crippen LogP contribution in [0.4, 0.5) is 11.4 Å². The molecule has 0 heterocycles. The number of benzene rings is 1. The van der Waals surface area contributed by atoms with E-state index in [0.29, 0.717) is 17.8 Å². The Balaban J connectivity index is 2.90. The maximum Gasteiger partial charge on any atom is 0.161 e. The lowest BCUT2D eigenvalue weighted by Gasteiger charge is -2.21. The molecule has 0 radical (unpaired) electrons. The van der Waals surface area contributed by atoms with Crippen molar-refractivity contribution in [3.8, 4) is 6.07 Å². The molecule has 1 unspecified atom stereocenters. The fourth-order valence-corrected chi connectivity index (χ4v) is 1.67. The predicted molar refractivity (Wildman–Crippen MR) is 68.9 cm³/mol. The second-order valence-electron chi connectivity index (χ2n) is 4.24. The zero-order valence-corrected chi connectivity index (χ0v) is 10.4. The van der Waals surface area contributed by atoms with Gasteiger partial charge in [-0.15, -0.1) is 0 Å². The van der Waals surface area contributed by atoms with Crippen molar-refractivity contribution in [2.45, 2.75) is 13.8 Å². The molecule has 0 spiro atoms. The van der Waals surface area contributed by atoms with E-state index in [1.807, 2.05) is 24.9 Å². The molecule has 4 nitrogen and oxygen atoms in total. The van der Waals surface area contributed by atoms with Crippen LogP contribution in [0.1, 0.15) is 24.2 Å². The molecule has 0 amide bonds. The third-order valence-corrected chi connectivity index (χ3v) is 2.62. The van der Waals surface area contributed by atoms with Gasteiger partial charge in [0.1, 0.15) is 0 Å². The van der Waals surface area contributed by atoms with Gasteiger partial charge in [0.25, 0.3) is 0 Å². The maximum absolute atomic E-state index is 11.2. The first-order chi connectivity index (χ1) is 7.95. The Kier molecular flexibility index (Phi) is 4.11.